The molecule has 0 saturated heterocycles. The van der Waals surface area contributed by atoms with Crippen molar-refractivity contribution < 1.29 is 9.53 Å². The summed E-state index contributed by atoms with van der Waals surface area (Å²) in [7, 11) is 0. The molecule has 0 bridgehead atoms. The molecule has 1 amide bonds. The molecule has 0 aliphatic heterocycles. The smallest absolute Gasteiger partial charge is 0.412 e. The summed E-state index contributed by atoms with van der Waals surface area (Å²) in [5.41, 5.74) is 14.7. The number of anilines is 3. The number of ether oxygens (including phenoxy) is 1. The normalized spacial score (nSPS) is 11.0. The quantitative estimate of drug-likeness (QED) is 0.734. The third-order valence-electron chi connectivity index (χ3n) is 2.91. The Hall–Kier alpha value is -2.69. The molecule has 5 N–H and O–H groups in total. The van der Waals surface area contributed by atoms with Crippen molar-refractivity contribution in [3.05, 3.63) is 42.5 Å². The van der Waals surface area contributed by atoms with Gasteiger partial charge in [0, 0.05) is 5.69 Å². The molecule has 5 nitrogen and oxygen atoms in total. The summed E-state index contributed by atoms with van der Waals surface area (Å²) in [6.45, 7) is 5.41. The number of amides is 1. The van der Waals surface area contributed by atoms with E-state index in [0.717, 1.165) is 11.1 Å². The minimum atomic E-state index is -0.565. The van der Waals surface area contributed by atoms with Gasteiger partial charge < -0.3 is 16.2 Å². The zero-order valence-corrected chi connectivity index (χ0v) is 13.0. The first kappa shape index (κ1) is 15.7. The maximum atomic E-state index is 11.9. The van der Waals surface area contributed by atoms with Crippen LogP contribution in [0.3, 0.4) is 0 Å². The maximum Gasteiger partial charge on any atom is 0.412 e. The van der Waals surface area contributed by atoms with E-state index in [9.17, 15) is 4.79 Å². The fourth-order valence-corrected chi connectivity index (χ4v) is 1.98. The molecule has 22 heavy (non-hydrogen) atoms. The van der Waals surface area contributed by atoms with Gasteiger partial charge in [0.2, 0.25) is 0 Å². The number of carbonyl (C=O) groups excluding carboxylic acids is 1. The van der Waals surface area contributed by atoms with Crippen molar-refractivity contribution in [1.82, 2.24) is 0 Å². The van der Waals surface area contributed by atoms with E-state index in [4.69, 9.17) is 16.2 Å². The number of nitrogens with one attached hydrogen (secondary N) is 1. The van der Waals surface area contributed by atoms with Crippen molar-refractivity contribution in [1.29, 1.82) is 0 Å². The van der Waals surface area contributed by atoms with E-state index in [-0.39, 0.29) is 0 Å². The first-order valence-corrected chi connectivity index (χ1v) is 7.00. The Morgan fingerprint density at radius 3 is 2.36 bits per heavy atom. The maximum absolute atomic E-state index is 11.9. The standard InChI is InChI=1S/C17H21N3O2/c1-17(2,3)22-16(21)20-15-10-12(7-8-14(15)19)11-5-4-6-13(18)9-11/h4-10H,18-19H2,1-3H3,(H,20,21). The van der Waals surface area contributed by atoms with Crippen LogP contribution in [0.4, 0.5) is 21.9 Å². The second-order valence-corrected chi connectivity index (χ2v) is 6.05. The lowest BCUT2D eigenvalue weighted by Crippen LogP contribution is -2.27. The van der Waals surface area contributed by atoms with Crippen molar-refractivity contribution in [3.8, 4) is 11.1 Å². The number of hydrogen-bond acceptors (Lipinski definition) is 4. The predicted molar refractivity (Wildman–Crippen MR) is 90.6 cm³/mol. The van der Waals surface area contributed by atoms with Gasteiger partial charge in [-0.3, -0.25) is 5.32 Å². The molecular formula is C17H21N3O2. The van der Waals surface area contributed by atoms with Crippen LogP contribution in [-0.2, 0) is 4.74 Å². The van der Waals surface area contributed by atoms with Crippen LogP contribution in [0.2, 0.25) is 0 Å². The molecule has 5 heteroatoms. The summed E-state index contributed by atoms with van der Waals surface area (Å²) in [4.78, 5) is 11.9. The Kier molecular flexibility index (Phi) is 4.26. The second-order valence-electron chi connectivity index (χ2n) is 6.05. The molecule has 0 aliphatic carbocycles. The minimum Gasteiger partial charge on any atom is -0.444 e. The highest BCUT2D eigenvalue weighted by atomic mass is 16.6. The largest absolute Gasteiger partial charge is 0.444 e. The average Bonchev–Trinajstić information content (AvgIpc) is 2.39. The van der Waals surface area contributed by atoms with Crippen LogP contribution in [0.5, 0.6) is 0 Å². The second kappa shape index (κ2) is 5.97. The van der Waals surface area contributed by atoms with Crippen molar-refractivity contribution in [2.75, 3.05) is 16.8 Å². The number of rotatable bonds is 2. The number of nitrogens with two attached hydrogens (primary N) is 2. The van der Waals surface area contributed by atoms with Gasteiger partial charge in [-0.15, -0.1) is 0 Å². The van der Waals surface area contributed by atoms with Crippen LogP contribution >= 0.6 is 0 Å². The van der Waals surface area contributed by atoms with E-state index in [0.29, 0.717) is 17.1 Å². The van der Waals surface area contributed by atoms with E-state index >= 15 is 0 Å². The summed E-state index contributed by atoms with van der Waals surface area (Å²) < 4.78 is 5.24. The number of benzene rings is 2. The van der Waals surface area contributed by atoms with Crippen molar-refractivity contribution in [3.63, 3.8) is 0 Å². The molecule has 0 fully saturated rings. The zero-order valence-electron chi connectivity index (χ0n) is 13.0. The predicted octanol–water partition coefficient (Wildman–Crippen LogP) is 3.87. The molecule has 0 unspecified atom stereocenters. The van der Waals surface area contributed by atoms with Gasteiger partial charge in [-0.2, -0.15) is 0 Å². The summed E-state index contributed by atoms with van der Waals surface area (Å²) in [6.07, 6.45) is -0.538. The van der Waals surface area contributed by atoms with E-state index in [1.807, 2.05) is 30.3 Å². The molecule has 0 atom stereocenters. The lowest BCUT2D eigenvalue weighted by atomic mass is 10.0. The Morgan fingerprint density at radius 1 is 1.05 bits per heavy atom. The third kappa shape index (κ3) is 4.15. The fourth-order valence-electron chi connectivity index (χ4n) is 1.98. The Balaban J connectivity index is 2.26. The highest BCUT2D eigenvalue weighted by Crippen LogP contribution is 2.28. The third-order valence-corrected chi connectivity index (χ3v) is 2.91. The van der Waals surface area contributed by atoms with Gasteiger partial charge in [-0.25, -0.2) is 4.79 Å². The molecule has 0 spiro atoms. The molecule has 0 aromatic heterocycles. The fraction of sp³-hybridized carbons (Fsp3) is 0.235. The van der Waals surface area contributed by atoms with Gasteiger partial charge in [0.25, 0.3) is 0 Å². The van der Waals surface area contributed by atoms with Crippen LogP contribution in [0, 0.1) is 0 Å². The van der Waals surface area contributed by atoms with Crippen LogP contribution < -0.4 is 16.8 Å². The molecule has 2 aromatic rings. The van der Waals surface area contributed by atoms with E-state index < -0.39 is 11.7 Å². The highest BCUT2D eigenvalue weighted by Gasteiger charge is 2.17. The average molecular weight is 299 g/mol. The SMILES string of the molecule is CC(C)(C)OC(=O)Nc1cc(-c2cccc(N)c2)ccc1N. The Morgan fingerprint density at radius 2 is 1.73 bits per heavy atom. The zero-order chi connectivity index (χ0) is 16.3. The van der Waals surface area contributed by atoms with Crippen LogP contribution in [0.15, 0.2) is 42.5 Å². The van der Waals surface area contributed by atoms with E-state index in [1.165, 1.54) is 0 Å². The number of carbonyl (C=O) groups is 1. The van der Waals surface area contributed by atoms with Gasteiger partial charge in [0.05, 0.1) is 11.4 Å². The van der Waals surface area contributed by atoms with Crippen molar-refractivity contribution >= 4 is 23.2 Å². The lowest BCUT2D eigenvalue weighted by Gasteiger charge is -2.20. The molecule has 0 radical (unpaired) electrons. The van der Waals surface area contributed by atoms with Crippen molar-refractivity contribution in [2.24, 2.45) is 0 Å². The minimum absolute atomic E-state index is 0.471. The molecule has 0 aliphatic rings. The summed E-state index contributed by atoms with van der Waals surface area (Å²) >= 11 is 0. The molecule has 0 saturated carbocycles. The molecule has 116 valence electrons. The molecular weight excluding hydrogens is 278 g/mol. The van der Waals surface area contributed by atoms with Gasteiger partial charge in [-0.05, 0) is 56.2 Å². The summed E-state index contributed by atoms with van der Waals surface area (Å²) in [5, 5.41) is 2.67. The first-order valence-electron chi connectivity index (χ1n) is 7.00. The number of hydrogen-bond donors (Lipinski definition) is 3. The van der Waals surface area contributed by atoms with Gasteiger partial charge in [0.15, 0.2) is 0 Å². The topological polar surface area (TPSA) is 90.4 Å². The Bertz CT molecular complexity index is 691. The highest BCUT2D eigenvalue weighted by molar-refractivity contribution is 5.91. The monoisotopic (exact) mass is 299 g/mol. The summed E-state index contributed by atoms with van der Waals surface area (Å²) in [5.74, 6) is 0. The van der Waals surface area contributed by atoms with Crippen LogP contribution in [0.1, 0.15) is 20.8 Å². The van der Waals surface area contributed by atoms with Gasteiger partial charge >= 0.3 is 6.09 Å². The van der Waals surface area contributed by atoms with E-state index in [1.54, 1.807) is 32.9 Å². The summed E-state index contributed by atoms with van der Waals surface area (Å²) in [6, 6.07) is 12.9. The number of nitrogen functional groups attached to an aromatic ring is 2. The van der Waals surface area contributed by atoms with Crippen molar-refractivity contribution in [2.45, 2.75) is 26.4 Å². The van der Waals surface area contributed by atoms with Crippen LogP contribution in [0.25, 0.3) is 11.1 Å². The first-order chi connectivity index (χ1) is 10.2. The van der Waals surface area contributed by atoms with Gasteiger partial charge in [-0.1, -0.05) is 18.2 Å². The molecule has 0 heterocycles. The van der Waals surface area contributed by atoms with E-state index in [2.05, 4.69) is 5.32 Å². The van der Waals surface area contributed by atoms with Gasteiger partial charge in [0.1, 0.15) is 5.60 Å². The van der Waals surface area contributed by atoms with Crippen LogP contribution in [-0.4, -0.2) is 11.7 Å². The molecule has 2 rings (SSSR count). The lowest BCUT2D eigenvalue weighted by molar-refractivity contribution is 0.0636. The Labute approximate surface area is 130 Å². The molecule has 2 aromatic carbocycles.